The number of carbonyl (C=O) groups is 2. The van der Waals surface area contributed by atoms with E-state index in [1.165, 1.54) is 0 Å². The van der Waals surface area contributed by atoms with Gasteiger partial charge in [0.2, 0.25) is 0 Å². The number of carbonyl (C=O) groups excluding carboxylic acids is 2. The van der Waals surface area contributed by atoms with E-state index < -0.39 is 0 Å². The molecule has 2 fully saturated rings. The van der Waals surface area contributed by atoms with E-state index in [2.05, 4.69) is 0 Å². The number of likely N-dealkylation sites (tertiary alicyclic amines) is 1. The summed E-state index contributed by atoms with van der Waals surface area (Å²) in [5, 5.41) is 0. The molecule has 0 bridgehead atoms. The molecular weight excluding hydrogens is 234 g/mol. The van der Waals surface area contributed by atoms with E-state index in [0.717, 1.165) is 12.8 Å². The summed E-state index contributed by atoms with van der Waals surface area (Å²) in [5.41, 5.74) is -0.319. The first-order valence-corrected chi connectivity index (χ1v) is 6.63. The van der Waals surface area contributed by atoms with E-state index in [4.69, 9.17) is 9.47 Å². The number of nitrogens with zero attached hydrogens (tertiary/aromatic N) is 1. The van der Waals surface area contributed by atoms with E-state index in [1.807, 2.05) is 20.9 Å². The number of piperidine rings is 1. The number of quaternary nitrogens is 1. The summed E-state index contributed by atoms with van der Waals surface area (Å²) in [6.45, 7) is 5.39. The molecule has 2 rings (SSSR count). The van der Waals surface area contributed by atoms with Gasteiger partial charge in [-0.2, -0.15) is 4.79 Å². The number of hydrogen-bond acceptors (Lipinski definition) is 4. The van der Waals surface area contributed by atoms with Crippen molar-refractivity contribution < 1.29 is 23.5 Å². The van der Waals surface area contributed by atoms with Gasteiger partial charge in [-0.15, -0.1) is 0 Å². The summed E-state index contributed by atoms with van der Waals surface area (Å²) in [6, 6.07) is 0. The highest BCUT2D eigenvalue weighted by atomic mass is 16.6. The molecule has 1 atom stereocenters. The average Bonchev–Trinajstić information content (AvgIpc) is 2.60. The second-order valence-corrected chi connectivity index (χ2v) is 5.63. The van der Waals surface area contributed by atoms with Crippen molar-refractivity contribution in [2.45, 2.75) is 44.8 Å². The molecule has 0 aliphatic carbocycles. The second-order valence-electron chi connectivity index (χ2n) is 5.63. The summed E-state index contributed by atoms with van der Waals surface area (Å²) in [7, 11) is 1.89. The molecule has 2 saturated heterocycles. The molecule has 1 spiro atoms. The van der Waals surface area contributed by atoms with Gasteiger partial charge in [-0.3, -0.25) is 4.79 Å². The lowest BCUT2D eigenvalue weighted by molar-refractivity contribution is -0.846. The van der Waals surface area contributed by atoms with Crippen LogP contribution >= 0.6 is 0 Å². The maximum atomic E-state index is 11.9. The Hall–Kier alpha value is -0.940. The van der Waals surface area contributed by atoms with E-state index in [1.54, 1.807) is 0 Å². The van der Waals surface area contributed by atoms with E-state index in [-0.39, 0.29) is 23.6 Å². The molecule has 5 nitrogen and oxygen atoms in total. The van der Waals surface area contributed by atoms with Crippen molar-refractivity contribution in [3.63, 3.8) is 0 Å². The quantitative estimate of drug-likeness (QED) is 0.667. The predicted molar refractivity (Wildman–Crippen MR) is 65.1 cm³/mol. The van der Waals surface area contributed by atoms with Crippen LogP contribution in [0.5, 0.6) is 0 Å². The Balaban J connectivity index is 2.00. The Morgan fingerprint density at radius 1 is 1.50 bits per heavy atom. The van der Waals surface area contributed by atoms with Crippen molar-refractivity contribution in [3.05, 3.63) is 0 Å². The minimum Gasteiger partial charge on any atom is -0.420 e. The van der Waals surface area contributed by atoms with Gasteiger partial charge in [0.25, 0.3) is 0 Å². The molecule has 0 aromatic carbocycles. The molecule has 0 N–H and O–H groups in total. The number of amides is 1. The normalized spacial score (nSPS) is 40.2. The number of ketones is 1. The van der Waals surface area contributed by atoms with Crippen LogP contribution in [0.25, 0.3) is 0 Å². The average molecular weight is 256 g/mol. The van der Waals surface area contributed by atoms with Crippen LogP contribution in [0.2, 0.25) is 0 Å². The molecule has 1 amide bonds. The number of Topliss-reactive ketones (excluding diaryl/α,β-unsaturated/α-hetero) is 1. The summed E-state index contributed by atoms with van der Waals surface area (Å²) >= 11 is 0. The minimum absolute atomic E-state index is 0.176. The lowest BCUT2D eigenvalue weighted by Crippen LogP contribution is -2.58. The Bertz CT molecular complexity index is 358. The Labute approximate surface area is 108 Å². The molecule has 5 heteroatoms. The number of rotatable bonds is 1. The van der Waals surface area contributed by atoms with E-state index in [0.29, 0.717) is 30.6 Å². The maximum Gasteiger partial charge on any atom is 0.515 e. The molecule has 102 valence electrons. The van der Waals surface area contributed by atoms with Crippen molar-refractivity contribution in [1.29, 1.82) is 0 Å². The molecule has 2 aliphatic rings. The standard InChI is InChI=1S/C13H22NO4/c1-4-17-12(16)14(3)7-5-13(6-8-14)9-11(15)10(2)18-13/h10H,4-9H2,1-3H3/q+1. The topological polar surface area (TPSA) is 52.6 Å². The maximum absolute atomic E-state index is 11.9. The first-order chi connectivity index (χ1) is 8.41. The summed E-state index contributed by atoms with van der Waals surface area (Å²) < 4.78 is 11.2. The Morgan fingerprint density at radius 2 is 2.11 bits per heavy atom. The predicted octanol–water partition coefficient (Wildman–Crippen LogP) is 1.50. The van der Waals surface area contributed by atoms with Crippen molar-refractivity contribution in [1.82, 2.24) is 0 Å². The second kappa shape index (κ2) is 4.63. The van der Waals surface area contributed by atoms with Crippen LogP contribution in [-0.4, -0.2) is 54.8 Å². The highest BCUT2D eigenvalue weighted by Crippen LogP contribution is 2.38. The highest BCUT2D eigenvalue weighted by Gasteiger charge is 2.51. The number of hydrogen-bond donors (Lipinski definition) is 0. The lowest BCUT2D eigenvalue weighted by atomic mass is 9.87. The van der Waals surface area contributed by atoms with Crippen LogP contribution in [-0.2, 0) is 14.3 Å². The molecule has 0 aromatic rings. The fourth-order valence-electron chi connectivity index (χ4n) is 2.84. The van der Waals surface area contributed by atoms with Crippen LogP contribution in [0, 0.1) is 0 Å². The van der Waals surface area contributed by atoms with E-state index in [9.17, 15) is 9.59 Å². The van der Waals surface area contributed by atoms with E-state index >= 15 is 0 Å². The first kappa shape index (κ1) is 13.5. The van der Waals surface area contributed by atoms with Crippen molar-refractivity contribution in [2.75, 3.05) is 26.7 Å². The zero-order valence-corrected chi connectivity index (χ0v) is 11.4. The van der Waals surface area contributed by atoms with Gasteiger partial charge in [0.15, 0.2) is 5.78 Å². The largest absolute Gasteiger partial charge is 0.515 e. The molecule has 2 aliphatic heterocycles. The van der Waals surface area contributed by atoms with Crippen molar-refractivity contribution >= 4 is 11.9 Å². The molecular formula is C13H22NO4+. The third-order valence-corrected chi connectivity index (χ3v) is 4.21. The zero-order valence-electron chi connectivity index (χ0n) is 11.4. The smallest absolute Gasteiger partial charge is 0.420 e. The van der Waals surface area contributed by atoms with Crippen LogP contribution in [0.3, 0.4) is 0 Å². The lowest BCUT2D eigenvalue weighted by Gasteiger charge is -2.41. The molecule has 0 saturated carbocycles. The van der Waals surface area contributed by atoms with Gasteiger partial charge in [0, 0.05) is 19.3 Å². The van der Waals surface area contributed by atoms with Gasteiger partial charge >= 0.3 is 6.09 Å². The fourth-order valence-corrected chi connectivity index (χ4v) is 2.84. The molecule has 2 heterocycles. The molecule has 0 aromatic heterocycles. The van der Waals surface area contributed by atoms with Gasteiger partial charge in [-0.05, 0) is 13.8 Å². The monoisotopic (exact) mass is 256 g/mol. The van der Waals surface area contributed by atoms with Crippen molar-refractivity contribution in [2.24, 2.45) is 0 Å². The Kier molecular flexibility index (Phi) is 3.47. The summed E-state index contributed by atoms with van der Waals surface area (Å²) in [4.78, 5) is 23.5. The molecule has 1 unspecified atom stereocenters. The Morgan fingerprint density at radius 3 is 2.56 bits per heavy atom. The third-order valence-electron chi connectivity index (χ3n) is 4.21. The van der Waals surface area contributed by atoms with Gasteiger partial charge in [0.05, 0.1) is 32.3 Å². The molecule has 18 heavy (non-hydrogen) atoms. The zero-order chi connectivity index (χ0) is 13.4. The number of ether oxygens (including phenoxy) is 2. The van der Waals surface area contributed by atoms with Crippen LogP contribution in [0.15, 0.2) is 0 Å². The van der Waals surface area contributed by atoms with Crippen LogP contribution < -0.4 is 0 Å². The fraction of sp³-hybridized carbons (Fsp3) is 0.846. The van der Waals surface area contributed by atoms with Gasteiger partial charge in [-0.1, -0.05) is 0 Å². The highest BCUT2D eigenvalue weighted by molar-refractivity contribution is 5.85. The van der Waals surface area contributed by atoms with Gasteiger partial charge in [0.1, 0.15) is 6.10 Å². The van der Waals surface area contributed by atoms with Crippen LogP contribution in [0.4, 0.5) is 4.79 Å². The van der Waals surface area contributed by atoms with Crippen LogP contribution in [0.1, 0.15) is 33.1 Å². The van der Waals surface area contributed by atoms with Crippen molar-refractivity contribution in [3.8, 4) is 0 Å². The summed E-state index contributed by atoms with van der Waals surface area (Å²) in [5.74, 6) is 0.183. The first-order valence-electron chi connectivity index (χ1n) is 6.63. The SMILES string of the molecule is CCOC(=O)[N+]1(C)CCC2(CC1)CC(=O)C(C)O2. The van der Waals surface area contributed by atoms with Gasteiger partial charge in [-0.25, -0.2) is 4.48 Å². The molecule has 0 radical (unpaired) electrons. The summed E-state index contributed by atoms with van der Waals surface area (Å²) in [6.07, 6.45) is 1.53. The minimum atomic E-state index is -0.319. The van der Waals surface area contributed by atoms with Gasteiger partial charge < -0.3 is 9.47 Å². The third kappa shape index (κ3) is 2.29.